The average molecular weight is 312 g/mol. The number of carboxylic acids is 1. The standard InChI is InChI=1S/C14H20N2O4S/c1-2-16(10-11-4-3-9-21-11)13(19)15-14(12(17)18)5-7-20-8-6-14/h3-4,9H,2,5-8,10H2,1H3,(H,15,19)(H,17,18). The lowest BCUT2D eigenvalue weighted by Crippen LogP contribution is -2.60. The smallest absolute Gasteiger partial charge is 0.329 e. The molecule has 0 atom stereocenters. The van der Waals surface area contributed by atoms with Crippen LogP contribution in [-0.2, 0) is 16.1 Å². The molecule has 1 aliphatic heterocycles. The van der Waals surface area contributed by atoms with Crippen molar-refractivity contribution in [2.45, 2.75) is 31.8 Å². The van der Waals surface area contributed by atoms with E-state index in [1.165, 1.54) is 0 Å². The minimum atomic E-state index is -1.21. The lowest BCUT2D eigenvalue weighted by molar-refractivity contribution is -0.148. The molecule has 2 rings (SSSR count). The summed E-state index contributed by atoms with van der Waals surface area (Å²) in [5.41, 5.74) is -1.21. The van der Waals surface area contributed by atoms with Gasteiger partial charge in [-0.3, -0.25) is 0 Å². The maximum absolute atomic E-state index is 12.4. The summed E-state index contributed by atoms with van der Waals surface area (Å²) >= 11 is 1.58. The highest BCUT2D eigenvalue weighted by atomic mass is 32.1. The normalized spacial score (nSPS) is 17.2. The molecule has 0 aromatic carbocycles. The number of nitrogens with zero attached hydrogens (tertiary/aromatic N) is 1. The lowest BCUT2D eigenvalue weighted by Gasteiger charge is -2.35. The number of thiophene rings is 1. The van der Waals surface area contributed by atoms with Gasteiger partial charge in [-0.2, -0.15) is 0 Å². The van der Waals surface area contributed by atoms with Crippen LogP contribution in [0.4, 0.5) is 4.79 Å². The largest absolute Gasteiger partial charge is 0.480 e. The predicted octanol–water partition coefficient (Wildman–Crippen LogP) is 1.91. The van der Waals surface area contributed by atoms with E-state index in [0.29, 0.717) is 39.1 Å². The molecule has 7 heteroatoms. The van der Waals surface area contributed by atoms with Crippen molar-refractivity contribution < 1.29 is 19.4 Å². The molecule has 2 N–H and O–H groups in total. The first-order chi connectivity index (χ1) is 10.1. The van der Waals surface area contributed by atoms with Crippen molar-refractivity contribution in [1.29, 1.82) is 0 Å². The summed E-state index contributed by atoms with van der Waals surface area (Å²) in [6.45, 7) is 3.60. The quantitative estimate of drug-likeness (QED) is 0.870. The second-order valence-electron chi connectivity index (χ2n) is 5.02. The number of hydrogen-bond acceptors (Lipinski definition) is 4. The van der Waals surface area contributed by atoms with E-state index in [-0.39, 0.29) is 6.03 Å². The van der Waals surface area contributed by atoms with Gasteiger partial charge in [-0.05, 0) is 18.4 Å². The molecule has 0 spiro atoms. The zero-order valence-corrected chi connectivity index (χ0v) is 12.8. The number of urea groups is 1. The first-order valence-corrected chi connectivity index (χ1v) is 7.86. The summed E-state index contributed by atoms with van der Waals surface area (Å²) in [7, 11) is 0. The second-order valence-corrected chi connectivity index (χ2v) is 6.06. The molecule has 0 aliphatic carbocycles. The van der Waals surface area contributed by atoms with Gasteiger partial charge in [0.2, 0.25) is 0 Å². The van der Waals surface area contributed by atoms with Crippen LogP contribution in [0.5, 0.6) is 0 Å². The summed E-state index contributed by atoms with van der Waals surface area (Å²) in [6, 6.07) is 3.56. The molecule has 21 heavy (non-hydrogen) atoms. The number of carbonyl (C=O) groups is 2. The van der Waals surface area contributed by atoms with Crippen LogP contribution in [0.3, 0.4) is 0 Å². The maximum Gasteiger partial charge on any atom is 0.329 e. The van der Waals surface area contributed by atoms with Crippen molar-refractivity contribution in [3.8, 4) is 0 Å². The number of amides is 2. The number of nitrogens with one attached hydrogen (secondary N) is 1. The van der Waals surface area contributed by atoms with E-state index >= 15 is 0 Å². The van der Waals surface area contributed by atoms with Gasteiger partial charge >= 0.3 is 12.0 Å². The molecule has 0 radical (unpaired) electrons. The van der Waals surface area contributed by atoms with Gasteiger partial charge in [0.1, 0.15) is 5.54 Å². The number of hydrogen-bond donors (Lipinski definition) is 2. The fourth-order valence-electron chi connectivity index (χ4n) is 2.31. The molecule has 2 heterocycles. The number of rotatable bonds is 5. The highest BCUT2D eigenvalue weighted by molar-refractivity contribution is 7.09. The van der Waals surface area contributed by atoms with Crippen molar-refractivity contribution >= 4 is 23.3 Å². The molecule has 1 saturated heterocycles. The van der Waals surface area contributed by atoms with Crippen LogP contribution in [0, 0.1) is 0 Å². The van der Waals surface area contributed by atoms with E-state index < -0.39 is 11.5 Å². The fourth-order valence-corrected chi connectivity index (χ4v) is 3.03. The summed E-state index contributed by atoms with van der Waals surface area (Å²) < 4.78 is 5.20. The third-order valence-corrected chi connectivity index (χ3v) is 4.56. The molecule has 0 saturated carbocycles. The monoisotopic (exact) mass is 312 g/mol. The Bertz CT molecular complexity index is 483. The van der Waals surface area contributed by atoms with Crippen LogP contribution < -0.4 is 5.32 Å². The SMILES string of the molecule is CCN(Cc1cccs1)C(=O)NC1(C(=O)O)CCOCC1. The molecular weight excluding hydrogens is 292 g/mol. The molecule has 1 aliphatic rings. The number of ether oxygens (including phenoxy) is 1. The van der Waals surface area contributed by atoms with E-state index in [0.717, 1.165) is 4.88 Å². The molecule has 2 amide bonds. The van der Waals surface area contributed by atoms with Crippen LogP contribution in [0.15, 0.2) is 17.5 Å². The van der Waals surface area contributed by atoms with E-state index in [4.69, 9.17) is 4.74 Å². The van der Waals surface area contributed by atoms with Crippen molar-refractivity contribution in [1.82, 2.24) is 10.2 Å². The number of carbonyl (C=O) groups excluding carboxylic acids is 1. The van der Waals surface area contributed by atoms with Crippen LogP contribution in [0.2, 0.25) is 0 Å². The van der Waals surface area contributed by atoms with Crippen LogP contribution in [-0.4, -0.2) is 47.3 Å². The zero-order chi connectivity index (χ0) is 15.3. The minimum Gasteiger partial charge on any atom is -0.480 e. The van der Waals surface area contributed by atoms with E-state index in [1.807, 2.05) is 24.4 Å². The molecule has 1 aromatic rings. The first-order valence-electron chi connectivity index (χ1n) is 6.98. The first kappa shape index (κ1) is 15.8. The number of aliphatic carboxylic acids is 1. The Labute approximate surface area is 127 Å². The molecule has 1 aromatic heterocycles. The molecular formula is C14H20N2O4S. The molecule has 116 valence electrons. The van der Waals surface area contributed by atoms with E-state index in [9.17, 15) is 14.7 Å². The van der Waals surface area contributed by atoms with Gasteiger partial charge in [-0.1, -0.05) is 6.07 Å². The molecule has 0 unspecified atom stereocenters. The van der Waals surface area contributed by atoms with E-state index in [1.54, 1.807) is 16.2 Å². The minimum absolute atomic E-state index is 0.296. The topological polar surface area (TPSA) is 78.9 Å². The third kappa shape index (κ3) is 3.74. The number of carboxylic acid groups (broad SMARTS) is 1. The van der Waals surface area contributed by atoms with Gasteiger partial charge in [0, 0.05) is 37.5 Å². The summed E-state index contributed by atoms with van der Waals surface area (Å²) in [4.78, 5) is 26.6. The Balaban J connectivity index is 2.04. The average Bonchev–Trinajstić information content (AvgIpc) is 2.98. The second kappa shape index (κ2) is 6.91. The van der Waals surface area contributed by atoms with Gasteiger partial charge in [0.25, 0.3) is 0 Å². The van der Waals surface area contributed by atoms with Crippen molar-refractivity contribution in [2.24, 2.45) is 0 Å². The fraction of sp³-hybridized carbons (Fsp3) is 0.571. The van der Waals surface area contributed by atoms with E-state index in [2.05, 4.69) is 5.32 Å². The van der Waals surface area contributed by atoms with Crippen LogP contribution in [0.1, 0.15) is 24.6 Å². The van der Waals surface area contributed by atoms with Gasteiger partial charge in [-0.25, -0.2) is 9.59 Å². The van der Waals surface area contributed by atoms with Gasteiger partial charge < -0.3 is 20.1 Å². The Morgan fingerprint density at radius 3 is 2.71 bits per heavy atom. The van der Waals surface area contributed by atoms with Crippen molar-refractivity contribution in [2.75, 3.05) is 19.8 Å². The van der Waals surface area contributed by atoms with Crippen molar-refractivity contribution in [3.63, 3.8) is 0 Å². The highest BCUT2D eigenvalue weighted by Gasteiger charge is 2.42. The summed E-state index contributed by atoms with van der Waals surface area (Å²) in [5, 5.41) is 14.1. The third-order valence-electron chi connectivity index (χ3n) is 3.70. The summed E-state index contributed by atoms with van der Waals surface area (Å²) in [5.74, 6) is -0.994. The van der Waals surface area contributed by atoms with Gasteiger partial charge in [0.05, 0.1) is 6.54 Å². The Morgan fingerprint density at radius 1 is 1.48 bits per heavy atom. The Kier molecular flexibility index (Phi) is 5.19. The van der Waals surface area contributed by atoms with Crippen molar-refractivity contribution in [3.05, 3.63) is 22.4 Å². The Hall–Kier alpha value is -1.60. The zero-order valence-electron chi connectivity index (χ0n) is 12.0. The summed E-state index contributed by atoms with van der Waals surface area (Å²) in [6.07, 6.45) is 0.593. The maximum atomic E-state index is 12.4. The lowest BCUT2D eigenvalue weighted by atomic mass is 9.90. The molecule has 6 nitrogen and oxygen atoms in total. The predicted molar refractivity (Wildman–Crippen MR) is 79.4 cm³/mol. The van der Waals surface area contributed by atoms with Gasteiger partial charge in [-0.15, -0.1) is 11.3 Å². The Morgan fingerprint density at radius 2 is 2.19 bits per heavy atom. The van der Waals surface area contributed by atoms with Gasteiger partial charge in [0.15, 0.2) is 0 Å². The molecule has 1 fully saturated rings. The highest BCUT2D eigenvalue weighted by Crippen LogP contribution is 2.22. The van der Waals surface area contributed by atoms with Crippen LogP contribution >= 0.6 is 11.3 Å². The molecule has 0 bridgehead atoms. The van der Waals surface area contributed by atoms with Crippen LogP contribution in [0.25, 0.3) is 0 Å².